The number of hydrogen-bond acceptors (Lipinski definition) is 5. The van der Waals surface area contributed by atoms with E-state index in [9.17, 15) is 14.0 Å². The fourth-order valence-electron chi connectivity index (χ4n) is 5.12. The number of ether oxygens (including phenoxy) is 1. The summed E-state index contributed by atoms with van der Waals surface area (Å²) in [5.41, 5.74) is 2.54. The average molecular weight is 554 g/mol. The average Bonchev–Trinajstić information content (AvgIpc) is 3.27. The number of rotatable bonds is 5. The number of likely N-dealkylation sites (tertiary alicyclic amines) is 1. The van der Waals surface area contributed by atoms with Crippen molar-refractivity contribution in [3.63, 3.8) is 0 Å². The quantitative estimate of drug-likeness (QED) is 0.403. The van der Waals surface area contributed by atoms with Crippen molar-refractivity contribution in [2.45, 2.75) is 18.3 Å². The van der Waals surface area contributed by atoms with Gasteiger partial charge in [-0.2, -0.15) is 0 Å². The number of para-hydroxylation sites is 1. The molecule has 3 aromatic rings. The molecule has 1 aromatic carbocycles. The van der Waals surface area contributed by atoms with E-state index >= 15 is 0 Å². The summed E-state index contributed by atoms with van der Waals surface area (Å²) in [5, 5.41) is 6.38. The number of halogens is 2. The first-order valence-corrected chi connectivity index (χ1v) is 12.3. The number of pyridine rings is 1. The predicted molar refractivity (Wildman–Crippen MR) is 138 cm³/mol. The number of nitrogens with one attached hydrogen (secondary N) is 3. The molecule has 3 N–H and O–H groups in total. The van der Waals surface area contributed by atoms with E-state index in [2.05, 4.69) is 43.1 Å². The highest BCUT2D eigenvalue weighted by atomic mass is 79.9. The van der Waals surface area contributed by atoms with Crippen LogP contribution in [0.15, 0.2) is 53.8 Å². The summed E-state index contributed by atoms with van der Waals surface area (Å²) in [7, 11) is 1.56. The molecule has 0 aliphatic carbocycles. The van der Waals surface area contributed by atoms with Gasteiger partial charge in [0.1, 0.15) is 0 Å². The van der Waals surface area contributed by atoms with E-state index in [1.165, 1.54) is 12.3 Å². The Balaban J connectivity index is 1.67. The number of amides is 2. The van der Waals surface area contributed by atoms with Gasteiger partial charge in [-0.3, -0.25) is 14.6 Å². The van der Waals surface area contributed by atoms with Gasteiger partial charge in [-0.05, 0) is 53.0 Å². The second-order valence-corrected chi connectivity index (χ2v) is 9.77. The monoisotopic (exact) mass is 553 g/mol. The molecule has 0 saturated carbocycles. The molecule has 1 saturated heterocycles. The maximum absolute atomic E-state index is 15.0. The molecule has 0 atom stereocenters. The maximum Gasteiger partial charge on any atom is 0.255 e. The fraction of sp³-hybridized carbons (Fsp3) is 0.269. The minimum Gasteiger partial charge on any atom is -0.493 e. The Labute approximate surface area is 216 Å². The highest BCUT2D eigenvalue weighted by molar-refractivity contribution is 9.10. The molecule has 186 valence electrons. The van der Waals surface area contributed by atoms with Crippen molar-refractivity contribution in [2.24, 2.45) is 0 Å². The van der Waals surface area contributed by atoms with Crippen LogP contribution in [0.2, 0.25) is 0 Å². The highest BCUT2D eigenvalue weighted by Gasteiger charge is 2.46. The topological polar surface area (TPSA) is 99.4 Å². The molecule has 1 spiro atoms. The van der Waals surface area contributed by atoms with Gasteiger partial charge in [0, 0.05) is 42.5 Å². The normalized spacial score (nSPS) is 16.3. The molecule has 5 rings (SSSR count). The van der Waals surface area contributed by atoms with Crippen LogP contribution in [-0.2, 0) is 10.2 Å². The first kappa shape index (κ1) is 24.1. The Kier molecular flexibility index (Phi) is 6.29. The number of H-pyrrole nitrogens is 1. The third-order valence-corrected chi connectivity index (χ3v) is 7.65. The number of hydrogen-bond donors (Lipinski definition) is 3. The van der Waals surface area contributed by atoms with Crippen molar-refractivity contribution in [3.05, 3.63) is 70.9 Å². The first-order chi connectivity index (χ1) is 17.4. The lowest BCUT2D eigenvalue weighted by Gasteiger charge is -2.43. The van der Waals surface area contributed by atoms with E-state index in [0.29, 0.717) is 60.9 Å². The lowest BCUT2D eigenvalue weighted by atomic mass is 9.72. The largest absolute Gasteiger partial charge is 0.493 e. The van der Waals surface area contributed by atoms with Crippen LogP contribution in [-0.4, -0.2) is 53.4 Å². The number of carbonyl (C=O) groups is 2. The summed E-state index contributed by atoms with van der Waals surface area (Å²) in [6.07, 6.45) is 5.25. The van der Waals surface area contributed by atoms with Gasteiger partial charge in [0.2, 0.25) is 5.91 Å². The fourth-order valence-corrected chi connectivity index (χ4v) is 5.64. The number of methoxy groups -OCH3 is 1. The number of fused-ring (bicyclic) bond motifs is 2. The van der Waals surface area contributed by atoms with Crippen LogP contribution in [0.25, 0.3) is 11.3 Å². The molecule has 0 bridgehead atoms. The van der Waals surface area contributed by atoms with Gasteiger partial charge in [-0.15, -0.1) is 0 Å². The second kappa shape index (κ2) is 9.42. The van der Waals surface area contributed by atoms with E-state index in [1.807, 2.05) is 18.2 Å². The summed E-state index contributed by atoms with van der Waals surface area (Å²) in [4.78, 5) is 34.5. The lowest BCUT2D eigenvalue weighted by Crippen LogP contribution is -2.53. The van der Waals surface area contributed by atoms with Crippen LogP contribution in [0.4, 0.5) is 15.8 Å². The minimum absolute atomic E-state index is 0.111. The van der Waals surface area contributed by atoms with E-state index in [4.69, 9.17) is 4.74 Å². The van der Waals surface area contributed by atoms with Crippen LogP contribution in [0.3, 0.4) is 0 Å². The van der Waals surface area contributed by atoms with Crippen LogP contribution in [0.1, 0.15) is 28.9 Å². The zero-order valence-electron chi connectivity index (χ0n) is 19.7. The van der Waals surface area contributed by atoms with Crippen LogP contribution >= 0.6 is 15.9 Å². The Morgan fingerprint density at radius 3 is 2.81 bits per heavy atom. The van der Waals surface area contributed by atoms with Gasteiger partial charge in [-0.25, -0.2) is 4.39 Å². The molecule has 2 aliphatic heterocycles. The van der Waals surface area contributed by atoms with Gasteiger partial charge in [0.15, 0.2) is 11.6 Å². The van der Waals surface area contributed by atoms with Crippen molar-refractivity contribution in [2.75, 3.05) is 32.1 Å². The smallest absolute Gasteiger partial charge is 0.255 e. The number of carbonyl (C=O) groups excluding carboxylic acids is 2. The Morgan fingerprint density at radius 1 is 1.33 bits per heavy atom. The number of benzene rings is 1. The number of aromatic amines is 1. The molecule has 2 amide bonds. The van der Waals surface area contributed by atoms with Gasteiger partial charge < -0.3 is 25.3 Å². The SMILES string of the molecule is C=CC(=O)N1CCC2(CC1)CNC(=O)c1c2[nH]c(-c2ccncc2F)c1Nc1cccc(Br)c1OC. The van der Waals surface area contributed by atoms with Gasteiger partial charge in [-0.1, -0.05) is 12.6 Å². The number of anilines is 2. The van der Waals surface area contributed by atoms with E-state index < -0.39 is 11.2 Å². The standard InChI is InChI=1S/C26H25BrFN5O3/c1-3-19(34)33-11-8-26(9-12-33)14-30-25(35)20-22(31-18-6-4-5-16(27)23(18)36-2)21(32-24(20)26)15-7-10-29-13-17(15)28/h3-7,10,13,31-32H,1,8-9,11-12,14H2,2H3,(H,30,35). The van der Waals surface area contributed by atoms with E-state index in [0.717, 1.165) is 16.4 Å². The Hall–Kier alpha value is -3.66. The molecule has 0 radical (unpaired) electrons. The molecule has 8 nitrogen and oxygen atoms in total. The molecule has 1 fully saturated rings. The summed E-state index contributed by atoms with van der Waals surface area (Å²) in [6.45, 7) is 5.07. The van der Waals surface area contributed by atoms with Crippen LogP contribution in [0.5, 0.6) is 5.75 Å². The van der Waals surface area contributed by atoms with Crippen molar-refractivity contribution in [1.29, 1.82) is 0 Å². The third-order valence-electron chi connectivity index (χ3n) is 7.02. The molecule has 2 aromatic heterocycles. The van der Waals surface area contributed by atoms with Gasteiger partial charge in [0.05, 0.1) is 40.4 Å². The van der Waals surface area contributed by atoms with Crippen LogP contribution in [0, 0.1) is 5.82 Å². The highest BCUT2D eigenvalue weighted by Crippen LogP contribution is 2.47. The van der Waals surface area contributed by atoms with Gasteiger partial charge >= 0.3 is 0 Å². The summed E-state index contributed by atoms with van der Waals surface area (Å²) in [5.74, 6) is -0.328. The predicted octanol–water partition coefficient (Wildman–Crippen LogP) is 4.52. The molecule has 0 unspecified atom stereocenters. The Bertz CT molecular complexity index is 1360. The zero-order chi connectivity index (χ0) is 25.4. The van der Waals surface area contributed by atoms with Crippen molar-refractivity contribution in [1.82, 2.24) is 20.2 Å². The van der Waals surface area contributed by atoms with Crippen molar-refractivity contribution >= 4 is 39.1 Å². The molecule has 36 heavy (non-hydrogen) atoms. The van der Waals surface area contributed by atoms with Crippen molar-refractivity contribution in [3.8, 4) is 17.0 Å². The molecule has 10 heteroatoms. The molecular weight excluding hydrogens is 529 g/mol. The second-order valence-electron chi connectivity index (χ2n) is 8.92. The summed E-state index contributed by atoms with van der Waals surface area (Å²) >= 11 is 3.49. The van der Waals surface area contributed by atoms with E-state index in [1.54, 1.807) is 18.1 Å². The first-order valence-electron chi connectivity index (χ1n) is 11.5. The van der Waals surface area contributed by atoms with Crippen molar-refractivity contribution < 1.29 is 18.7 Å². The lowest BCUT2D eigenvalue weighted by molar-refractivity contribution is -0.127. The molecular formula is C26H25BrFN5O3. The summed E-state index contributed by atoms with van der Waals surface area (Å²) < 4.78 is 21.3. The summed E-state index contributed by atoms with van der Waals surface area (Å²) in [6, 6.07) is 7.09. The van der Waals surface area contributed by atoms with Gasteiger partial charge in [0.25, 0.3) is 5.91 Å². The Morgan fingerprint density at radius 2 is 2.11 bits per heavy atom. The molecule has 4 heterocycles. The molecule has 2 aliphatic rings. The number of nitrogens with zero attached hydrogens (tertiary/aromatic N) is 2. The maximum atomic E-state index is 15.0. The number of piperidine rings is 1. The van der Waals surface area contributed by atoms with E-state index in [-0.39, 0.29) is 17.4 Å². The van der Waals surface area contributed by atoms with Crippen LogP contribution < -0.4 is 15.4 Å². The zero-order valence-corrected chi connectivity index (χ0v) is 21.2. The minimum atomic E-state index is -0.513. The number of aromatic nitrogens is 2. The third kappa shape index (κ3) is 3.95.